The summed E-state index contributed by atoms with van der Waals surface area (Å²) >= 11 is 1.19. The second-order valence-corrected chi connectivity index (χ2v) is 8.11. The number of carbonyl (C=O) groups excluding carboxylic acids is 2. The van der Waals surface area contributed by atoms with Crippen LogP contribution >= 0.6 is 11.3 Å². The van der Waals surface area contributed by atoms with Crippen LogP contribution in [0.3, 0.4) is 0 Å². The first-order valence-electron chi connectivity index (χ1n) is 9.70. The maximum atomic E-state index is 13.8. The van der Waals surface area contributed by atoms with Gasteiger partial charge in [0, 0.05) is 30.8 Å². The molecule has 0 aliphatic carbocycles. The van der Waals surface area contributed by atoms with Gasteiger partial charge >= 0.3 is 6.03 Å². The smallest absolute Gasteiger partial charge is 0.321 e. The number of halogens is 2. The highest BCUT2D eigenvalue weighted by Crippen LogP contribution is 2.30. The van der Waals surface area contributed by atoms with E-state index >= 15 is 0 Å². The molecule has 0 saturated carbocycles. The summed E-state index contributed by atoms with van der Waals surface area (Å²) in [6, 6.07) is 11.4. The number of aromatic nitrogens is 2. The van der Waals surface area contributed by atoms with Crippen LogP contribution < -0.4 is 10.6 Å². The van der Waals surface area contributed by atoms with Crippen LogP contribution in [0.15, 0.2) is 48.5 Å². The number of rotatable bonds is 4. The van der Waals surface area contributed by atoms with Gasteiger partial charge in [0.25, 0.3) is 5.91 Å². The lowest BCUT2D eigenvalue weighted by Gasteiger charge is -2.31. The molecule has 3 amide bonds. The molecule has 4 rings (SSSR count). The Morgan fingerprint density at radius 2 is 1.87 bits per heavy atom. The number of amides is 3. The number of para-hydroxylation sites is 1. The summed E-state index contributed by atoms with van der Waals surface area (Å²) in [7, 11) is 0. The average molecular weight is 443 g/mol. The number of carbonyl (C=O) groups is 2. The standard InChI is InChI=1S/C21H19F2N5O2S/c22-14-8-9-16(23)17(11-14)25-21(30)28-10-4-5-13(12-28)19-26-27-20(31-19)18(29)24-15-6-2-1-3-7-15/h1-3,6-9,11,13H,4-5,10,12H2,(H,24,29)(H,25,30)/t13-/m1/s1. The van der Waals surface area contributed by atoms with Crippen LogP contribution in [0, 0.1) is 11.6 Å². The van der Waals surface area contributed by atoms with Crippen molar-refractivity contribution in [2.45, 2.75) is 18.8 Å². The van der Waals surface area contributed by atoms with Crippen LogP contribution in [-0.4, -0.2) is 40.1 Å². The lowest BCUT2D eigenvalue weighted by molar-refractivity contribution is 0.102. The molecular formula is C21H19F2N5O2S. The van der Waals surface area contributed by atoms with Crippen LogP contribution in [0.5, 0.6) is 0 Å². The number of nitrogens with zero attached hydrogens (tertiary/aromatic N) is 3. The molecule has 2 aromatic carbocycles. The molecule has 0 radical (unpaired) electrons. The van der Waals surface area contributed by atoms with Gasteiger partial charge in [0.05, 0.1) is 5.69 Å². The summed E-state index contributed by atoms with van der Waals surface area (Å²) in [5.41, 5.74) is 0.456. The molecule has 1 aliphatic rings. The SMILES string of the molecule is O=C(Nc1ccccc1)c1nnc([C@@H]2CCCN(C(=O)Nc3cc(F)ccc3F)C2)s1. The van der Waals surface area contributed by atoms with E-state index in [-0.39, 0.29) is 22.5 Å². The molecule has 2 heterocycles. The summed E-state index contributed by atoms with van der Waals surface area (Å²) in [5.74, 6) is -1.78. The Morgan fingerprint density at radius 1 is 1.06 bits per heavy atom. The number of likely N-dealkylation sites (tertiary alicyclic amines) is 1. The Bertz CT molecular complexity index is 1090. The highest BCUT2D eigenvalue weighted by atomic mass is 32.1. The van der Waals surface area contributed by atoms with E-state index in [1.54, 1.807) is 12.1 Å². The zero-order valence-electron chi connectivity index (χ0n) is 16.3. The fourth-order valence-corrected chi connectivity index (χ4v) is 4.21. The van der Waals surface area contributed by atoms with Crippen molar-refractivity contribution in [3.8, 4) is 0 Å². The third-order valence-corrected chi connectivity index (χ3v) is 5.98. The van der Waals surface area contributed by atoms with Gasteiger partial charge in [-0.1, -0.05) is 29.5 Å². The molecule has 10 heteroatoms. The van der Waals surface area contributed by atoms with Gasteiger partial charge in [-0.15, -0.1) is 10.2 Å². The van der Waals surface area contributed by atoms with Crippen molar-refractivity contribution in [3.63, 3.8) is 0 Å². The van der Waals surface area contributed by atoms with Gasteiger partial charge in [0.2, 0.25) is 5.01 Å². The molecule has 1 aliphatic heterocycles. The van der Waals surface area contributed by atoms with Gasteiger partial charge < -0.3 is 15.5 Å². The van der Waals surface area contributed by atoms with Crippen molar-refractivity contribution < 1.29 is 18.4 Å². The second-order valence-electron chi connectivity index (χ2n) is 7.11. The Hall–Kier alpha value is -3.40. The number of benzene rings is 2. The van der Waals surface area contributed by atoms with Crippen molar-refractivity contribution in [2.24, 2.45) is 0 Å². The number of anilines is 2. The van der Waals surface area contributed by atoms with Crippen LogP contribution in [0.1, 0.15) is 33.6 Å². The Morgan fingerprint density at radius 3 is 2.68 bits per heavy atom. The van der Waals surface area contributed by atoms with Gasteiger partial charge in [0.15, 0.2) is 0 Å². The maximum Gasteiger partial charge on any atom is 0.321 e. The second kappa shape index (κ2) is 9.17. The minimum atomic E-state index is -0.707. The van der Waals surface area contributed by atoms with Gasteiger partial charge in [-0.3, -0.25) is 4.79 Å². The number of piperidine rings is 1. The summed E-state index contributed by atoms with van der Waals surface area (Å²) in [4.78, 5) is 26.5. The molecule has 1 aromatic heterocycles. The average Bonchev–Trinajstić information content (AvgIpc) is 3.28. The van der Waals surface area contributed by atoms with Crippen molar-refractivity contribution >= 4 is 34.6 Å². The van der Waals surface area contributed by atoms with E-state index in [2.05, 4.69) is 20.8 Å². The normalized spacial score (nSPS) is 16.1. The molecule has 7 nitrogen and oxygen atoms in total. The largest absolute Gasteiger partial charge is 0.324 e. The Labute approximate surface area is 181 Å². The zero-order valence-corrected chi connectivity index (χ0v) is 17.2. The number of nitrogens with one attached hydrogen (secondary N) is 2. The van der Waals surface area contributed by atoms with Gasteiger partial charge in [0.1, 0.15) is 16.6 Å². The topological polar surface area (TPSA) is 87.2 Å². The highest BCUT2D eigenvalue weighted by molar-refractivity contribution is 7.13. The monoisotopic (exact) mass is 443 g/mol. The molecule has 0 spiro atoms. The van der Waals surface area contributed by atoms with Crippen molar-refractivity contribution in [3.05, 3.63) is 70.2 Å². The van der Waals surface area contributed by atoms with Gasteiger partial charge in [-0.05, 0) is 37.1 Å². The van der Waals surface area contributed by atoms with Crippen molar-refractivity contribution in [1.29, 1.82) is 0 Å². The van der Waals surface area contributed by atoms with Crippen molar-refractivity contribution in [1.82, 2.24) is 15.1 Å². The fourth-order valence-electron chi connectivity index (χ4n) is 3.35. The summed E-state index contributed by atoms with van der Waals surface area (Å²) in [5, 5.41) is 14.2. The number of hydrogen-bond acceptors (Lipinski definition) is 5. The lowest BCUT2D eigenvalue weighted by atomic mass is 9.99. The molecule has 1 atom stereocenters. The third kappa shape index (κ3) is 5.02. The first-order valence-corrected chi connectivity index (χ1v) is 10.5. The van der Waals surface area contributed by atoms with Gasteiger partial charge in [-0.25, -0.2) is 13.6 Å². The fraction of sp³-hybridized carbons (Fsp3) is 0.238. The first-order chi connectivity index (χ1) is 15.0. The van der Waals surface area contributed by atoms with E-state index in [0.29, 0.717) is 23.8 Å². The number of hydrogen-bond donors (Lipinski definition) is 2. The molecule has 31 heavy (non-hydrogen) atoms. The van der Waals surface area contributed by atoms with E-state index < -0.39 is 17.7 Å². The van der Waals surface area contributed by atoms with E-state index in [0.717, 1.165) is 31.0 Å². The van der Waals surface area contributed by atoms with Crippen LogP contribution in [0.25, 0.3) is 0 Å². The Balaban J connectivity index is 1.40. The zero-order chi connectivity index (χ0) is 21.8. The van der Waals surface area contributed by atoms with Crippen LogP contribution in [0.2, 0.25) is 0 Å². The predicted molar refractivity (Wildman–Crippen MR) is 113 cm³/mol. The van der Waals surface area contributed by atoms with E-state index in [4.69, 9.17) is 0 Å². The molecule has 0 bridgehead atoms. The minimum Gasteiger partial charge on any atom is -0.324 e. The van der Waals surface area contributed by atoms with E-state index in [9.17, 15) is 18.4 Å². The first kappa shape index (κ1) is 20.9. The Kier molecular flexibility index (Phi) is 6.17. The van der Waals surface area contributed by atoms with Gasteiger partial charge in [-0.2, -0.15) is 0 Å². The van der Waals surface area contributed by atoms with Crippen molar-refractivity contribution in [2.75, 3.05) is 23.7 Å². The molecule has 3 aromatic rings. The van der Waals surface area contributed by atoms with Crippen LogP contribution in [0.4, 0.5) is 25.0 Å². The molecule has 0 unspecified atom stereocenters. The third-order valence-electron chi connectivity index (χ3n) is 4.89. The lowest BCUT2D eigenvalue weighted by Crippen LogP contribution is -2.41. The highest BCUT2D eigenvalue weighted by Gasteiger charge is 2.28. The summed E-state index contributed by atoms with van der Waals surface area (Å²) < 4.78 is 27.2. The van der Waals surface area contributed by atoms with Crippen LogP contribution in [-0.2, 0) is 0 Å². The van der Waals surface area contributed by atoms with E-state index in [1.165, 1.54) is 16.2 Å². The maximum absolute atomic E-state index is 13.8. The molecular weight excluding hydrogens is 424 g/mol. The summed E-state index contributed by atoms with van der Waals surface area (Å²) in [6.45, 7) is 0.830. The van der Waals surface area contributed by atoms with E-state index in [1.807, 2.05) is 18.2 Å². The predicted octanol–water partition coefficient (Wildman–Crippen LogP) is 4.48. The molecule has 1 saturated heterocycles. The quantitative estimate of drug-likeness (QED) is 0.622. The molecule has 160 valence electrons. The summed E-state index contributed by atoms with van der Waals surface area (Å²) in [6.07, 6.45) is 1.50. The minimum absolute atomic E-state index is 0.0902. The number of urea groups is 1. The molecule has 1 fully saturated rings. The molecule has 2 N–H and O–H groups in total.